The number of halogens is 1. The maximum Gasteiger partial charge on any atom is 0.488 e. The van der Waals surface area contributed by atoms with E-state index in [2.05, 4.69) is 0 Å². The molecule has 0 aliphatic heterocycles. The van der Waals surface area contributed by atoms with Gasteiger partial charge in [0.15, 0.2) is 0 Å². The van der Waals surface area contributed by atoms with E-state index in [4.69, 9.17) is 14.8 Å². The molecular formula is C8H10BFO3. The number of methoxy groups -OCH3 is 1. The molecule has 0 saturated carbocycles. The van der Waals surface area contributed by atoms with Gasteiger partial charge in [0.2, 0.25) is 0 Å². The molecule has 0 fully saturated rings. The van der Waals surface area contributed by atoms with Crippen LogP contribution in [0, 0.1) is 5.82 Å². The summed E-state index contributed by atoms with van der Waals surface area (Å²) in [5.74, 6) is -0.411. The van der Waals surface area contributed by atoms with Crippen molar-refractivity contribution in [2.45, 2.75) is 6.61 Å². The van der Waals surface area contributed by atoms with E-state index in [0.29, 0.717) is 5.56 Å². The van der Waals surface area contributed by atoms with Crippen molar-refractivity contribution in [1.29, 1.82) is 0 Å². The van der Waals surface area contributed by atoms with Gasteiger partial charge in [-0.05, 0) is 11.5 Å². The van der Waals surface area contributed by atoms with Gasteiger partial charge in [0, 0.05) is 12.7 Å². The van der Waals surface area contributed by atoms with E-state index in [9.17, 15) is 4.39 Å². The average Bonchev–Trinajstić information content (AvgIpc) is 2.08. The van der Waals surface area contributed by atoms with Gasteiger partial charge in [0.05, 0.1) is 6.61 Å². The molecule has 1 aromatic rings. The van der Waals surface area contributed by atoms with Crippen LogP contribution in [0.1, 0.15) is 5.56 Å². The maximum absolute atomic E-state index is 13.0. The van der Waals surface area contributed by atoms with Crippen LogP contribution in [0.15, 0.2) is 18.2 Å². The second-order valence-corrected chi connectivity index (χ2v) is 2.66. The first kappa shape index (κ1) is 10.2. The maximum atomic E-state index is 13.0. The third kappa shape index (κ3) is 2.52. The molecule has 0 bridgehead atoms. The Kier molecular flexibility index (Phi) is 3.42. The summed E-state index contributed by atoms with van der Waals surface area (Å²) in [5.41, 5.74) is 0.571. The minimum Gasteiger partial charge on any atom is -0.423 e. The molecule has 0 saturated heterocycles. The van der Waals surface area contributed by atoms with Crippen molar-refractivity contribution in [3.63, 3.8) is 0 Å². The molecule has 5 heteroatoms. The van der Waals surface area contributed by atoms with Gasteiger partial charge in [0.1, 0.15) is 5.82 Å². The number of rotatable bonds is 3. The van der Waals surface area contributed by atoms with Crippen LogP contribution in [-0.4, -0.2) is 24.3 Å². The fourth-order valence-electron chi connectivity index (χ4n) is 1.02. The van der Waals surface area contributed by atoms with Gasteiger partial charge in [-0.25, -0.2) is 4.39 Å². The van der Waals surface area contributed by atoms with Crippen molar-refractivity contribution in [3.05, 3.63) is 29.6 Å². The fourth-order valence-corrected chi connectivity index (χ4v) is 1.02. The minimum absolute atomic E-state index is 0.117. The molecule has 3 nitrogen and oxygen atoms in total. The molecular weight excluding hydrogens is 174 g/mol. The highest BCUT2D eigenvalue weighted by Crippen LogP contribution is 2.05. The van der Waals surface area contributed by atoms with Gasteiger partial charge < -0.3 is 14.8 Å². The molecule has 2 N–H and O–H groups in total. The van der Waals surface area contributed by atoms with Gasteiger partial charge in [-0.15, -0.1) is 0 Å². The summed E-state index contributed by atoms with van der Waals surface area (Å²) in [6.45, 7) is 0.117. The summed E-state index contributed by atoms with van der Waals surface area (Å²) in [7, 11) is -0.127. The standard InChI is InChI=1S/C8H10BFO3/c1-13-5-6-4-7(9(11)12)2-3-8(6)10/h2-4,11-12H,5H2,1H3. The molecule has 0 aliphatic carbocycles. The van der Waals surface area contributed by atoms with Gasteiger partial charge in [0.25, 0.3) is 0 Å². The van der Waals surface area contributed by atoms with Crippen LogP contribution in [0.4, 0.5) is 4.39 Å². The van der Waals surface area contributed by atoms with E-state index in [0.717, 1.165) is 0 Å². The number of ether oxygens (including phenoxy) is 1. The lowest BCUT2D eigenvalue weighted by molar-refractivity contribution is 0.181. The third-order valence-corrected chi connectivity index (χ3v) is 1.67. The van der Waals surface area contributed by atoms with Crippen molar-refractivity contribution in [1.82, 2.24) is 0 Å². The predicted octanol–water partition coefficient (Wildman–Crippen LogP) is -0.348. The van der Waals surface area contributed by atoms with E-state index in [1.54, 1.807) is 0 Å². The van der Waals surface area contributed by atoms with Gasteiger partial charge >= 0.3 is 7.12 Å². The number of benzene rings is 1. The summed E-state index contributed by atoms with van der Waals surface area (Å²) in [5, 5.41) is 17.6. The smallest absolute Gasteiger partial charge is 0.423 e. The van der Waals surface area contributed by atoms with Gasteiger partial charge in [-0.2, -0.15) is 0 Å². The van der Waals surface area contributed by atoms with E-state index in [1.165, 1.54) is 25.3 Å². The Morgan fingerprint density at radius 2 is 2.15 bits per heavy atom. The summed E-state index contributed by atoms with van der Waals surface area (Å²) < 4.78 is 17.7. The van der Waals surface area contributed by atoms with Crippen LogP contribution >= 0.6 is 0 Å². The van der Waals surface area contributed by atoms with E-state index in [1.807, 2.05) is 0 Å². The topological polar surface area (TPSA) is 49.7 Å². The molecule has 13 heavy (non-hydrogen) atoms. The fraction of sp³-hybridized carbons (Fsp3) is 0.250. The molecule has 0 aromatic heterocycles. The number of hydrogen-bond donors (Lipinski definition) is 2. The van der Waals surface area contributed by atoms with E-state index in [-0.39, 0.29) is 12.1 Å². The molecule has 0 amide bonds. The molecule has 1 aromatic carbocycles. The summed E-state index contributed by atoms with van der Waals surface area (Å²) in [6, 6.07) is 3.87. The minimum atomic E-state index is -1.57. The Morgan fingerprint density at radius 3 is 2.69 bits per heavy atom. The Bertz CT molecular complexity index is 291. The average molecular weight is 184 g/mol. The SMILES string of the molecule is COCc1cc(B(O)O)ccc1F. The third-order valence-electron chi connectivity index (χ3n) is 1.67. The monoisotopic (exact) mass is 184 g/mol. The highest BCUT2D eigenvalue weighted by atomic mass is 19.1. The normalized spacial score (nSPS) is 10.2. The lowest BCUT2D eigenvalue weighted by Gasteiger charge is -2.04. The number of hydrogen-bond acceptors (Lipinski definition) is 3. The van der Waals surface area contributed by atoms with Crippen molar-refractivity contribution < 1.29 is 19.2 Å². The highest BCUT2D eigenvalue weighted by Gasteiger charge is 2.12. The first-order valence-corrected chi connectivity index (χ1v) is 3.78. The predicted molar refractivity (Wildman–Crippen MR) is 46.9 cm³/mol. The second-order valence-electron chi connectivity index (χ2n) is 2.66. The zero-order valence-electron chi connectivity index (χ0n) is 7.20. The molecule has 1 rings (SSSR count). The van der Waals surface area contributed by atoms with Crippen LogP contribution < -0.4 is 5.46 Å². The van der Waals surface area contributed by atoms with Crippen LogP contribution in [0.2, 0.25) is 0 Å². The zero-order chi connectivity index (χ0) is 9.84. The Balaban J connectivity index is 2.97. The summed E-state index contributed by atoms with van der Waals surface area (Å²) >= 11 is 0. The Labute approximate surface area is 75.9 Å². The largest absolute Gasteiger partial charge is 0.488 e. The Hall–Kier alpha value is -0.905. The summed E-state index contributed by atoms with van der Waals surface area (Å²) in [6.07, 6.45) is 0. The van der Waals surface area contributed by atoms with Crippen molar-refractivity contribution in [2.24, 2.45) is 0 Å². The van der Waals surface area contributed by atoms with Crippen LogP contribution in [0.3, 0.4) is 0 Å². The Morgan fingerprint density at radius 1 is 1.46 bits per heavy atom. The van der Waals surface area contributed by atoms with Crippen molar-refractivity contribution in [3.8, 4) is 0 Å². The molecule has 0 radical (unpaired) electrons. The van der Waals surface area contributed by atoms with Crippen LogP contribution in [-0.2, 0) is 11.3 Å². The van der Waals surface area contributed by atoms with Crippen LogP contribution in [0.25, 0.3) is 0 Å². The first-order chi connectivity index (χ1) is 6.15. The van der Waals surface area contributed by atoms with Crippen LogP contribution in [0.5, 0.6) is 0 Å². The molecule has 0 atom stereocenters. The molecule has 70 valence electrons. The quantitative estimate of drug-likeness (QED) is 0.631. The molecule has 0 spiro atoms. The van der Waals surface area contributed by atoms with Crippen molar-refractivity contribution in [2.75, 3.05) is 7.11 Å². The first-order valence-electron chi connectivity index (χ1n) is 3.78. The molecule has 0 heterocycles. The second kappa shape index (κ2) is 4.36. The highest BCUT2D eigenvalue weighted by molar-refractivity contribution is 6.58. The van der Waals surface area contributed by atoms with E-state index >= 15 is 0 Å². The van der Waals surface area contributed by atoms with Gasteiger partial charge in [-0.3, -0.25) is 0 Å². The van der Waals surface area contributed by atoms with Crippen molar-refractivity contribution >= 4 is 12.6 Å². The lowest BCUT2D eigenvalue weighted by Crippen LogP contribution is -2.30. The molecule has 0 unspecified atom stereocenters. The lowest BCUT2D eigenvalue weighted by atomic mass is 9.79. The van der Waals surface area contributed by atoms with Gasteiger partial charge in [-0.1, -0.05) is 12.1 Å². The zero-order valence-corrected chi connectivity index (χ0v) is 7.20. The summed E-state index contributed by atoms with van der Waals surface area (Å²) in [4.78, 5) is 0. The van der Waals surface area contributed by atoms with E-state index < -0.39 is 12.9 Å². The molecule has 0 aliphatic rings.